The first-order chi connectivity index (χ1) is 9.40. The molecule has 1 aromatic carbocycles. The molecule has 1 aliphatic heterocycles. The van der Waals surface area contributed by atoms with Crippen molar-refractivity contribution in [1.82, 2.24) is 9.62 Å². The molecular formula is C13H18Cl2N2O2S. The third kappa shape index (κ3) is 4.09. The number of nitrogens with zero attached hydrogens (tertiary/aromatic N) is 1. The molecule has 4 nitrogen and oxygen atoms in total. The van der Waals surface area contributed by atoms with Gasteiger partial charge >= 0.3 is 0 Å². The van der Waals surface area contributed by atoms with Gasteiger partial charge in [0.2, 0.25) is 10.0 Å². The van der Waals surface area contributed by atoms with Gasteiger partial charge in [-0.1, -0.05) is 23.2 Å². The van der Waals surface area contributed by atoms with Gasteiger partial charge < -0.3 is 5.32 Å². The molecule has 0 bridgehead atoms. The van der Waals surface area contributed by atoms with Gasteiger partial charge in [-0.2, -0.15) is 0 Å². The standard InChI is InChI=1S/C13H18Cl2N2O2S/c1-16-13-3-2-4-17(8-13)20(18,19)9-10-5-11(14)7-12(15)6-10/h5-7,13,16H,2-4,8-9H2,1H3. The van der Waals surface area contributed by atoms with Gasteiger partial charge in [0.05, 0.1) is 5.75 Å². The lowest BCUT2D eigenvalue weighted by atomic mass is 10.1. The summed E-state index contributed by atoms with van der Waals surface area (Å²) in [6.07, 6.45) is 1.88. The Morgan fingerprint density at radius 1 is 1.30 bits per heavy atom. The normalized spacial score (nSPS) is 21.1. The summed E-state index contributed by atoms with van der Waals surface area (Å²) in [5.41, 5.74) is 0.620. The molecular weight excluding hydrogens is 319 g/mol. The minimum Gasteiger partial charge on any atom is -0.316 e. The van der Waals surface area contributed by atoms with Crippen molar-refractivity contribution in [2.75, 3.05) is 20.1 Å². The predicted octanol–water partition coefficient (Wildman–Crippen LogP) is 2.51. The first kappa shape index (κ1) is 16.0. The Morgan fingerprint density at radius 3 is 2.55 bits per heavy atom. The number of nitrogens with one attached hydrogen (secondary N) is 1. The van der Waals surface area contributed by atoms with E-state index in [1.165, 1.54) is 0 Å². The Hall–Kier alpha value is -0.330. The Morgan fingerprint density at radius 2 is 1.95 bits per heavy atom. The monoisotopic (exact) mass is 336 g/mol. The molecule has 0 amide bonds. The predicted molar refractivity (Wildman–Crippen MR) is 82.7 cm³/mol. The number of hydrogen-bond donors (Lipinski definition) is 1. The molecule has 0 spiro atoms. The van der Waals surface area contributed by atoms with Crippen molar-refractivity contribution in [3.63, 3.8) is 0 Å². The van der Waals surface area contributed by atoms with E-state index in [2.05, 4.69) is 5.32 Å². The summed E-state index contributed by atoms with van der Waals surface area (Å²) in [5.74, 6) is -0.0658. The van der Waals surface area contributed by atoms with Crippen molar-refractivity contribution in [3.05, 3.63) is 33.8 Å². The molecule has 0 saturated carbocycles. The second-order valence-electron chi connectivity index (χ2n) is 5.02. The average Bonchev–Trinajstić information content (AvgIpc) is 2.37. The molecule has 0 aliphatic carbocycles. The van der Waals surface area contributed by atoms with E-state index in [9.17, 15) is 8.42 Å². The highest BCUT2D eigenvalue weighted by molar-refractivity contribution is 7.88. The second kappa shape index (κ2) is 6.62. The summed E-state index contributed by atoms with van der Waals surface area (Å²) in [6, 6.07) is 5.10. The fourth-order valence-electron chi connectivity index (χ4n) is 2.43. The van der Waals surface area contributed by atoms with Crippen LogP contribution in [0.4, 0.5) is 0 Å². The van der Waals surface area contributed by atoms with Crippen LogP contribution in [0.1, 0.15) is 18.4 Å². The Bertz CT molecular complexity index is 557. The van der Waals surface area contributed by atoms with Gasteiger partial charge in [-0.15, -0.1) is 0 Å². The molecule has 1 saturated heterocycles. The molecule has 0 aromatic heterocycles. The fourth-order valence-corrected chi connectivity index (χ4v) is 4.58. The van der Waals surface area contributed by atoms with Crippen molar-refractivity contribution in [1.29, 1.82) is 0 Å². The van der Waals surface area contributed by atoms with Gasteiger partial charge in [0.1, 0.15) is 0 Å². The topological polar surface area (TPSA) is 49.4 Å². The van der Waals surface area contributed by atoms with E-state index in [-0.39, 0.29) is 11.8 Å². The quantitative estimate of drug-likeness (QED) is 0.918. The SMILES string of the molecule is CNC1CCCN(S(=O)(=O)Cc2cc(Cl)cc(Cl)c2)C1. The van der Waals surface area contributed by atoms with E-state index in [1.807, 2.05) is 7.05 Å². The summed E-state index contributed by atoms with van der Waals surface area (Å²) in [4.78, 5) is 0. The molecule has 1 fully saturated rings. The highest BCUT2D eigenvalue weighted by Crippen LogP contribution is 2.23. The number of piperidine rings is 1. The van der Waals surface area contributed by atoms with Crippen LogP contribution < -0.4 is 5.32 Å². The highest BCUT2D eigenvalue weighted by atomic mass is 35.5. The van der Waals surface area contributed by atoms with Crippen LogP contribution in [0.15, 0.2) is 18.2 Å². The number of benzene rings is 1. The summed E-state index contributed by atoms with van der Waals surface area (Å²) in [6.45, 7) is 1.10. The fraction of sp³-hybridized carbons (Fsp3) is 0.538. The third-order valence-electron chi connectivity index (χ3n) is 3.46. The van der Waals surface area contributed by atoms with Gasteiger partial charge in [0, 0.05) is 29.2 Å². The third-order valence-corrected chi connectivity index (χ3v) is 5.71. The molecule has 7 heteroatoms. The minimum absolute atomic E-state index is 0.0658. The van der Waals surface area contributed by atoms with Crippen LogP contribution in [0.5, 0.6) is 0 Å². The average molecular weight is 337 g/mol. The first-order valence-electron chi connectivity index (χ1n) is 6.51. The maximum atomic E-state index is 12.5. The van der Waals surface area contributed by atoms with Gasteiger partial charge in [-0.25, -0.2) is 12.7 Å². The van der Waals surface area contributed by atoms with Crippen molar-refractivity contribution in [3.8, 4) is 0 Å². The number of rotatable bonds is 4. The zero-order chi connectivity index (χ0) is 14.8. The molecule has 0 radical (unpaired) electrons. The van der Waals surface area contributed by atoms with E-state index in [1.54, 1.807) is 22.5 Å². The number of halogens is 2. The van der Waals surface area contributed by atoms with Gasteiger partial charge in [0.25, 0.3) is 0 Å². The molecule has 1 aliphatic rings. The zero-order valence-electron chi connectivity index (χ0n) is 11.3. The zero-order valence-corrected chi connectivity index (χ0v) is 13.6. The molecule has 20 heavy (non-hydrogen) atoms. The van der Waals surface area contributed by atoms with Crippen LogP contribution in [0.3, 0.4) is 0 Å². The summed E-state index contributed by atoms with van der Waals surface area (Å²) in [5, 5.41) is 4.05. The van der Waals surface area contributed by atoms with Gasteiger partial charge in [-0.3, -0.25) is 0 Å². The summed E-state index contributed by atoms with van der Waals surface area (Å²) >= 11 is 11.8. The second-order valence-corrected chi connectivity index (χ2v) is 7.86. The first-order valence-corrected chi connectivity index (χ1v) is 8.87. The molecule has 2 rings (SSSR count). The molecule has 1 heterocycles. The maximum Gasteiger partial charge on any atom is 0.218 e. The molecule has 1 aromatic rings. The van der Waals surface area contributed by atoms with E-state index < -0.39 is 10.0 Å². The van der Waals surface area contributed by atoms with E-state index in [4.69, 9.17) is 23.2 Å². The highest BCUT2D eigenvalue weighted by Gasteiger charge is 2.28. The van der Waals surface area contributed by atoms with E-state index in [0.29, 0.717) is 28.7 Å². The van der Waals surface area contributed by atoms with Crippen LogP contribution in [0.2, 0.25) is 10.0 Å². The number of sulfonamides is 1. The molecule has 1 atom stereocenters. The Labute approximate surface area is 130 Å². The summed E-state index contributed by atoms with van der Waals surface area (Å²) < 4.78 is 26.5. The van der Waals surface area contributed by atoms with Crippen molar-refractivity contribution < 1.29 is 8.42 Å². The van der Waals surface area contributed by atoms with Crippen molar-refractivity contribution in [2.45, 2.75) is 24.6 Å². The van der Waals surface area contributed by atoms with Crippen LogP contribution in [-0.2, 0) is 15.8 Å². The smallest absolute Gasteiger partial charge is 0.218 e. The molecule has 1 N–H and O–H groups in total. The lowest BCUT2D eigenvalue weighted by Gasteiger charge is -2.31. The van der Waals surface area contributed by atoms with E-state index in [0.717, 1.165) is 12.8 Å². The Kier molecular flexibility index (Phi) is 5.31. The largest absolute Gasteiger partial charge is 0.316 e. The molecule has 1 unspecified atom stereocenters. The molecule has 112 valence electrons. The van der Waals surface area contributed by atoms with E-state index >= 15 is 0 Å². The van der Waals surface area contributed by atoms with Gasteiger partial charge in [0.15, 0.2) is 0 Å². The van der Waals surface area contributed by atoms with Crippen molar-refractivity contribution in [2.24, 2.45) is 0 Å². The lowest BCUT2D eigenvalue weighted by Crippen LogP contribution is -2.47. The Balaban J connectivity index is 2.14. The minimum atomic E-state index is -3.34. The van der Waals surface area contributed by atoms with Crippen LogP contribution >= 0.6 is 23.2 Å². The lowest BCUT2D eigenvalue weighted by molar-refractivity contribution is 0.292. The van der Waals surface area contributed by atoms with Crippen LogP contribution in [-0.4, -0.2) is 38.9 Å². The number of hydrogen-bond acceptors (Lipinski definition) is 3. The summed E-state index contributed by atoms with van der Waals surface area (Å²) in [7, 11) is -1.48. The van der Waals surface area contributed by atoms with Crippen molar-refractivity contribution >= 4 is 33.2 Å². The maximum absolute atomic E-state index is 12.5. The van der Waals surface area contributed by atoms with Crippen LogP contribution in [0, 0.1) is 0 Å². The number of likely N-dealkylation sites (N-methyl/N-ethyl adjacent to an activating group) is 1. The van der Waals surface area contributed by atoms with Gasteiger partial charge in [-0.05, 0) is 43.7 Å². The van der Waals surface area contributed by atoms with Crippen LogP contribution in [0.25, 0.3) is 0 Å².